The molecule has 0 bridgehead atoms. The van der Waals surface area contributed by atoms with Gasteiger partial charge in [-0.15, -0.1) is 0 Å². The minimum atomic E-state index is -0.718. The highest BCUT2D eigenvalue weighted by Crippen LogP contribution is 2.40. The summed E-state index contributed by atoms with van der Waals surface area (Å²) in [7, 11) is -1.47. The highest BCUT2D eigenvalue weighted by atomic mass is 30.2. The van der Waals surface area contributed by atoms with Gasteiger partial charge in [0, 0.05) is 14.2 Å². The van der Waals surface area contributed by atoms with E-state index in [0.29, 0.717) is 0 Å². The first-order valence-corrected chi connectivity index (χ1v) is 15.4. The van der Waals surface area contributed by atoms with Crippen LogP contribution in [-0.4, -0.2) is 22.0 Å². The summed E-state index contributed by atoms with van der Waals surface area (Å²) >= 11 is 0. The summed E-state index contributed by atoms with van der Waals surface area (Å²) in [6, 6.07) is 11.3. The molecule has 3 heteroatoms. The molecule has 0 saturated carbocycles. The zero-order valence-corrected chi connectivity index (χ0v) is 11.9. The number of benzene rings is 1. The largest absolute Gasteiger partial charge is 0.0734 e. The number of hydrogen-bond donors (Lipinski definition) is 0. The molecule has 0 aromatic heterocycles. The molecule has 2 rings (SSSR count). The van der Waals surface area contributed by atoms with Crippen LogP contribution in [0.3, 0.4) is 0 Å². The van der Waals surface area contributed by atoms with Crippen LogP contribution in [0.25, 0.3) is 0 Å². The number of rotatable bonds is 1. The highest BCUT2D eigenvalue weighted by molar-refractivity contribution is 8.09. The van der Waals surface area contributed by atoms with E-state index >= 15 is 0 Å². The van der Waals surface area contributed by atoms with Gasteiger partial charge in [0.05, 0.1) is 7.83 Å². The Hall–Kier alpha value is -0.129. The fraction of sp³-hybridized carbons (Fsp3) is 0.400. The van der Waals surface area contributed by atoms with Crippen molar-refractivity contribution in [2.75, 3.05) is 0 Å². The van der Waals surface area contributed by atoms with Crippen molar-refractivity contribution in [3.05, 3.63) is 30.3 Å². The molecule has 1 fully saturated rings. The summed E-state index contributed by atoms with van der Waals surface area (Å²) < 4.78 is 0. The molecule has 1 aromatic carbocycles. The Bertz CT molecular complexity index is 302. The first-order chi connectivity index (χ1) is 5.98. The number of hydrogen-bond acceptors (Lipinski definition) is 0. The van der Waals surface area contributed by atoms with E-state index in [1.165, 1.54) is 0 Å². The van der Waals surface area contributed by atoms with Crippen molar-refractivity contribution in [2.24, 2.45) is 0 Å². The molecule has 1 radical (unpaired) electrons. The summed E-state index contributed by atoms with van der Waals surface area (Å²) in [5.74, 6) is 0. The molecule has 13 heavy (non-hydrogen) atoms. The van der Waals surface area contributed by atoms with Crippen LogP contribution < -0.4 is 5.19 Å². The molecule has 0 spiro atoms. The Morgan fingerprint density at radius 2 is 1.31 bits per heavy atom. The molecule has 1 aliphatic rings. The van der Waals surface area contributed by atoms with E-state index in [1.807, 2.05) is 0 Å². The first kappa shape index (κ1) is 9.43. The van der Waals surface area contributed by atoms with Gasteiger partial charge in [-0.3, -0.25) is 0 Å². The third-order valence-corrected chi connectivity index (χ3v) is 51.0. The van der Waals surface area contributed by atoms with Crippen LogP contribution in [0.4, 0.5) is 0 Å². The smallest absolute Gasteiger partial charge is 0.0643 e. The molecule has 0 aliphatic carbocycles. The second-order valence-electron chi connectivity index (χ2n) is 4.99. The topological polar surface area (TPSA) is 0 Å². The molecule has 1 heterocycles. The van der Waals surface area contributed by atoms with Crippen LogP contribution in [0.15, 0.2) is 30.3 Å². The van der Waals surface area contributed by atoms with E-state index in [4.69, 9.17) is 0 Å². The average molecular weight is 222 g/mol. The van der Waals surface area contributed by atoms with Crippen molar-refractivity contribution < 1.29 is 0 Å². The molecule has 0 amide bonds. The molecular weight excluding hydrogens is 204 g/mol. The van der Waals surface area contributed by atoms with Crippen molar-refractivity contribution >= 4 is 27.2 Å². The zero-order chi connectivity index (χ0) is 9.69. The lowest BCUT2D eigenvalue weighted by Crippen LogP contribution is -2.27. The van der Waals surface area contributed by atoms with Gasteiger partial charge in [-0.2, -0.15) is 0 Å². The third-order valence-electron chi connectivity index (χ3n) is 3.81. The van der Waals surface area contributed by atoms with Crippen molar-refractivity contribution in [3.63, 3.8) is 0 Å². The Morgan fingerprint density at radius 3 is 1.69 bits per heavy atom. The van der Waals surface area contributed by atoms with Crippen molar-refractivity contribution in [3.8, 4) is 0 Å². The summed E-state index contributed by atoms with van der Waals surface area (Å²) in [6.45, 7) is 10.4. The molecule has 1 aromatic rings. The molecule has 1 saturated heterocycles. The van der Waals surface area contributed by atoms with Gasteiger partial charge >= 0.3 is 0 Å². The third kappa shape index (κ3) is 1.21. The summed E-state index contributed by atoms with van der Waals surface area (Å²) in [5.41, 5.74) is 0. The van der Waals surface area contributed by atoms with Crippen LogP contribution in [0.1, 0.15) is 0 Å². The van der Waals surface area contributed by atoms with E-state index in [1.54, 1.807) is 5.19 Å². The lowest BCUT2D eigenvalue weighted by molar-refractivity contribution is 1.77. The predicted octanol–water partition coefficient (Wildman–Crippen LogP) is 2.05. The highest BCUT2D eigenvalue weighted by Gasteiger charge is 2.69. The van der Waals surface area contributed by atoms with E-state index in [2.05, 4.69) is 56.5 Å². The van der Waals surface area contributed by atoms with E-state index in [0.717, 1.165) is 0 Å². The lowest BCUT2D eigenvalue weighted by Gasteiger charge is -2.00. The Morgan fingerprint density at radius 1 is 0.846 bits per heavy atom. The van der Waals surface area contributed by atoms with E-state index in [-0.39, 0.29) is 7.83 Å². The molecule has 0 N–H and O–H groups in total. The van der Waals surface area contributed by atoms with Crippen LogP contribution >= 0.6 is 0 Å². The molecule has 0 unspecified atom stereocenters. The van der Waals surface area contributed by atoms with Gasteiger partial charge in [-0.1, -0.05) is 61.7 Å². The monoisotopic (exact) mass is 221 g/mol. The minimum Gasteiger partial charge on any atom is -0.0734 e. The van der Waals surface area contributed by atoms with Gasteiger partial charge in [0.15, 0.2) is 0 Å². The van der Waals surface area contributed by atoms with Gasteiger partial charge in [-0.25, -0.2) is 0 Å². The molecule has 0 atom stereocenters. The van der Waals surface area contributed by atoms with E-state index in [9.17, 15) is 0 Å². The second kappa shape index (κ2) is 2.68. The molecule has 0 nitrogen and oxygen atoms in total. The normalized spacial score (nSPS) is 24.3. The Labute approximate surface area is 84.0 Å². The van der Waals surface area contributed by atoms with Crippen molar-refractivity contribution in [1.82, 2.24) is 0 Å². The molecule has 69 valence electrons. The minimum absolute atomic E-state index is 0.0368. The fourth-order valence-electron chi connectivity index (χ4n) is 2.36. The second-order valence-corrected chi connectivity index (χ2v) is 35.3. The van der Waals surface area contributed by atoms with Gasteiger partial charge in [-0.05, 0) is 0 Å². The van der Waals surface area contributed by atoms with Crippen LogP contribution in [0.2, 0.25) is 26.2 Å². The zero-order valence-electron chi connectivity index (χ0n) is 8.89. The average Bonchev–Trinajstić information content (AvgIpc) is 2.44. The summed E-state index contributed by atoms with van der Waals surface area (Å²) in [5, 5.41) is 1.72. The Balaban J connectivity index is 2.33. The van der Waals surface area contributed by atoms with Gasteiger partial charge in [0.25, 0.3) is 0 Å². The maximum absolute atomic E-state index is 2.61. The lowest BCUT2D eigenvalue weighted by atomic mass is 10.4. The predicted molar refractivity (Wildman–Crippen MR) is 66.8 cm³/mol. The SMILES string of the molecule is C[Si]1(C)[Si](c2ccccc2)[Si]1(C)C. The van der Waals surface area contributed by atoms with Crippen LogP contribution in [0, 0.1) is 0 Å². The van der Waals surface area contributed by atoms with E-state index < -0.39 is 14.2 Å². The Kier molecular flexibility index (Phi) is 1.94. The summed E-state index contributed by atoms with van der Waals surface area (Å²) in [6.07, 6.45) is 0. The standard InChI is InChI=1S/C10H17Si3/c1-12(2)11(13(12,3)4)10-8-6-5-7-9-10/h5-9H,1-4H3. The first-order valence-electron chi connectivity index (χ1n) is 4.91. The van der Waals surface area contributed by atoms with Crippen LogP contribution in [-0.2, 0) is 0 Å². The van der Waals surface area contributed by atoms with Gasteiger partial charge < -0.3 is 0 Å². The van der Waals surface area contributed by atoms with Gasteiger partial charge in [0.1, 0.15) is 0 Å². The van der Waals surface area contributed by atoms with Crippen molar-refractivity contribution in [2.45, 2.75) is 26.2 Å². The quantitative estimate of drug-likeness (QED) is 0.637. The summed E-state index contributed by atoms with van der Waals surface area (Å²) in [4.78, 5) is 0. The van der Waals surface area contributed by atoms with Crippen molar-refractivity contribution in [1.29, 1.82) is 0 Å². The van der Waals surface area contributed by atoms with Gasteiger partial charge in [0.2, 0.25) is 0 Å². The van der Waals surface area contributed by atoms with Crippen LogP contribution in [0.5, 0.6) is 0 Å². The molecular formula is C10H17Si3. The maximum atomic E-state index is 2.61. The maximum Gasteiger partial charge on any atom is 0.0643 e. The molecule has 1 aliphatic heterocycles. The fourth-order valence-corrected chi connectivity index (χ4v) is 54.3.